The van der Waals surface area contributed by atoms with E-state index in [1.807, 2.05) is 6.92 Å². The third kappa shape index (κ3) is 5.13. The Kier molecular flexibility index (Phi) is 7.28. The molecule has 1 heterocycles. The number of benzene rings is 2. The van der Waals surface area contributed by atoms with Crippen molar-refractivity contribution >= 4 is 21.9 Å². The summed E-state index contributed by atoms with van der Waals surface area (Å²) in [7, 11) is -2.07. The first-order valence-electron chi connectivity index (χ1n) is 11.3. The van der Waals surface area contributed by atoms with Crippen molar-refractivity contribution in [3.63, 3.8) is 0 Å². The van der Waals surface area contributed by atoms with Crippen LogP contribution in [0.15, 0.2) is 57.8 Å². The van der Waals surface area contributed by atoms with Crippen LogP contribution in [0, 0.1) is 0 Å². The lowest BCUT2D eigenvalue weighted by Gasteiger charge is -2.32. The van der Waals surface area contributed by atoms with E-state index in [-0.39, 0.29) is 28.4 Å². The quantitative estimate of drug-likeness (QED) is 0.506. The zero-order valence-electron chi connectivity index (χ0n) is 19.2. The Morgan fingerprint density at radius 3 is 2.53 bits per heavy atom. The zero-order valence-corrected chi connectivity index (χ0v) is 20.0. The fourth-order valence-electron chi connectivity index (χ4n) is 4.22. The van der Waals surface area contributed by atoms with Gasteiger partial charge in [-0.2, -0.15) is 4.31 Å². The van der Waals surface area contributed by atoms with Gasteiger partial charge in [0.25, 0.3) is 5.91 Å². The lowest BCUT2D eigenvalue weighted by molar-refractivity contribution is 0.102. The highest BCUT2D eigenvalue weighted by atomic mass is 32.2. The van der Waals surface area contributed by atoms with E-state index in [1.54, 1.807) is 35.7 Å². The fourth-order valence-corrected chi connectivity index (χ4v) is 5.92. The second kappa shape index (κ2) is 10.4. The minimum absolute atomic E-state index is 0.0306. The average Bonchev–Trinajstić information content (AvgIpc) is 3.33. The Morgan fingerprint density at radius 1 is 1.12 bits per heavy atom. The van der Waals surface area contributed by atoms with Gasteiger partial charge in [0.1, 0.15) is 5.75 Å². The molecular formula is C24H28N4O5S. The summed E-state index contributed by atoms with van der Waals surface area (Å²) in [6.45, 7) is 2.28. The first-order valence-corrected chi connectivity index (χ1v) is 12.8. The van der Waals surface area contributed by atoms with Crippen LogP contribution in [0.5, 0.6) is 5.75 Å². The summed E-state index contributed by atoms with van der Waals surface area (Å²) in [5.41, 5.74) is 0.932. The molecule has 1 N–H and O–H groups in total. The highest BCUT2D eigenvalue weighted by Crippen LogP contribution is 2.28. The largest absolute Gasteiger partial charge is 0.497 e. The molecule has 3 aromatic rings. The van der Waals surface area contributed by atoms with E-state index in [1.165, 1.54) is 24.3 Å². The Hall–Kier alpha value is -3.24. The van der Waals surface area contributed by atoms with Gasteiger partial charge in [-0.25, -0.2) is 8.42 Å². The number of rotatable bonds is 8. The van der Waals surface area contributed by atoms with Crippen molar-refractivity contribution in [2.45, 2.75) is 50.0 Å². The van der Waals surface area contributed by atoms with Crippen molar-refractivity contribution in [1.29, 1.82) is 0 Å². The smallest absolute Gasteiger partial charge is 0.322 e. The third-order valence-electron chi connectivity index (χ3n) is 5.98. The van der Waals surface area contributed by atoms with Crippen LogP contribution in [0.4, 0.5) is 6.01 Å². The molecule has 0 atom stereocenters. The van der Waals surface area contributed by atoms with Crippen molar-refractivity contribution in [3.05, 3.63) is 54.1 Å². The number of carbonyl (C=O) groups is 1. The Morgan fingerprint density at radius 2 is 1.85 bits per heavy atom. The number of amides is 1. The number of methoxy groups -OCH3 is 1. The molecule has 180 valence electrons. The number of sulfonamides is 1. The number of hydrogen-bond acceptors (Lipinski definition) is 7. The van der Waals surface area contributed by atoms with Crippen LogP contribution < -0.4 is 10.1 Å². The molecular weight excluding hydrogens is 456 g/mol. The van der Waals surface area contributed by atoms with E-state index in [0.717, 1.165) is 32.1 Å². The molecule has 0 unspecified atom stereocenters. The van der Waals surface area contributed by atoms with Gasteiger partial charge in [-0.1, -0.05) is 37.4 Å². The fraction of sp³-hybridized carbons (Fsp3) is 0.375. The number of nitrogens with zero attached hydrogens (tertiary/aromatic N) is 3. The highest BCUT2D eigenvalue weighted by molar-refractivity contribution is 7.89. The van der Waals surface area contributed by atoms with Crippen LogP contribution in [-0.2, 0) is 10.0 Å². The molecule has 1 aliphatic carbocycles. The van der Waals surface area contributed by atoms with Crippen molar-refractivity contribution in [1.82, 2.24) is 14.5 Å². The van der Waals surface area contributed by atoms with E-state index in [2.05, 4.69) is 15.5 Å². The number of anilines is 1. The summed E-state index contributed by atoms with van der Waals surface area (Å²) < 4.78 is 38.7. The molecule has 1 aliphatic rings. The van der Waals surface area contributed by atoms with Crippen LogP contribution in [0.25, 0.3) is 11.5 Å². The van der Waals surface area contributed by atoms with Gasteiger partial charge in [-0.05, 0) is 55.3 Å². The predicted octanol–water partition coefficient (Wildman–Crippen LogP) is 4.34. The van der Waals surface area contributed by atoms with Gasteiger partial charge in [0.2, 0.25) is 15.9 Å². The highest BCUT2D eigenvalue weighted by Gasteiger charge is 2.31. The molecule has 10 heteroatoms. The van der Waals surface area contributed by atoms with E-state index < -0.39 is 15.9 Å². The minimum Gasteiger partial charge on any atom is -0.497 e. The molecule has 1 fully saturated rings. The van der Waals surface area contributed by atoms with Gasteiger partial charge in [0.05, 0.1) is 12.0 Å². The van der Waals surface area contributed by atoms with Gasteiger partial charge in [-0.3, -0.25) is 10.1 Å². The molecule has 0 spiro atoms. The second-order valence-electron chi connectivity index (χ2n) is 8.12. The van der Waals surface area contributed by atoms with Gasteiger partial charge in [0, 0.05) is 23.7 Å². The van der Waals surface area contributed by atoms with Gasteiger partial charge in [0.15, 0.2) is 0 Å². The van der Waals surface area contributed by atoms with Crippen LogP contribution in [-0.4, -0.2) is 48.5 Å². The maximum atomic E-state index is 13.2. The Balaban J connectivity index is 1.45. The number of ether oxygens (including phenoxy) is 1. The van der Waals surface area contributed by atoms with E-state index in [4.69, 9.17) is 9.15 Å². The normalized spacial score (nSPS) is 14.8. The number of nitrogens with one attached hydrogen (secondary N) is 1. The summed E-state index contributed by atoms with van der Waals surface area (Å²) in [6.07, 6.45) is 5.01. The Labute approximate surface area is 199 Å². The molecule has 0 bridgehead atoms. The molecule has 1 amide bonds. The third-order valence-corrected chi connectivity index (χ3v) is 8.02. The Bertz CT molecular complexity index is 1230. The molecule has 1 saturated carbocycles. The standard InChI is InChI=1S/C24H28N4O5S/c1-3-28(19-9-5-4-6-10-19)34(30,31)21-14-12-17(13-15-21)22(29)25-24-27-26-23(33-24)18-8-7-11-20(16-18)32-2/h7-8,11-16,19H,3-6,9-10H2,1-2H3,(H,25,27,29). The summed E-state index contributed by atoms with van der Waals surface area (Å²) in [4.78, 5) is 12.8. The predicted molar refractivity (Wildman–Crippen MR) is 127 cm³/mol. The van der Waals surface area contributed by atoms with Gasteiger partial charge < -0.3 is 9.15 Å². The summed E-state index contributed by atoms with van der Waals surface area (Å²) in [5, 5.41) is 10.4. The van der Waals surface area contributed by atoms with Crippen molar-refractivity contribution in [3.8, 4) is 17.2 Å². The number of hydrogen-bond donors (Lipinski definition) is 1. The number of aromatic nitrogens is 2. The van der Waals surface area contributed by atoms with E-state index in [0.29, 0.717) is 17.9 Å². The summed E-state index contributed by atoms with van der Waals surface area (Å²) >= 11 is 0. The maximum absolute atomic E-state index is 13.2. The molecule has 4 rings (SSSR count). The monoisotopic (exact) mass is 484 g/mol. The summed E-state index contributed by atoms with van der Waals surface area (Å²) in [5.74, 6) is 0.392. The summed E-state index contributed by atoms with van der Waals surface area (Å²) in [6, 6.07) is 13.0. The zero-order chi connectivity index (χ0) is 24.1. The van der Waals surface area contributed by atoms with Crippen molar-refractivity contribution < 1.29 is 22.4 Å². The molecule has 0 aliphatic heterocycles. The van der Waals surface area contributed by atoms with Gasteiger partial charge in [-0.15, -0.1) is 5.10 Å². The molecule has 0 saturated heterocycles. The molecule has 9 nitrogen and oxygen atoms in total. The van der Waals surface area contributed by atoms with Crippen LogP contribution in [0.2, 0.25) is 0 Å². The molecule has 1 aromatic heterocycles. The minimum atomic E-state index is -3.63. The van der Waals surface area contributed by atoms with E-state index in [9.17, 15) is 13.2 Å². The molecule has 34 heavy (non-hydrogen) atoms. The molecule has 2 aromatic carbocycles. The van der Waals surface area contributed by atoms with E-state index >= 15 is 0 Å². The van der Waals surface area contributed by atoms with Crippen LogP contribution in [0.3, 0.4) is 0 Å². The lowest BCUT2D eigenvalue weighted by atomic mass is 9.95. The van der Waals surface area contributed by atoms with Gasteiger partial charge >= 0.3 is 6.01 Å². The van der Waals surface area contributed by atoms with Crippen LogP contribution >= 0.6 is 0 Å². The SMILES string of the molecule is CCN(C1CCCCC1)S(=O)(=O)c1ccc(C(=O)Nc2nnc(-c3cccc(OC)c3)o2)cc1. The molecule has 0 radical (unpaired) electrons. The second-order valence-corrected chi connectivity index (χ2v) is 10.0. The maximum Gasteiger partial charge on any atom is 0.322 e. The first kappa shape index (κ1) is 23.9. The first-order chi connectivity index (χ1) is 16.4. The van der Waals surface area contributed by atoms with Crippen molar-refractivity contribution in [2.75, 3.05) is 19.0 Å². The van der Waals surface area contributed by atoms with Crippen molar-refractivity contribution in [2.24, 2.45) is 0 Å². The number of carbonyl (C=O) groups excluding carboxylic acids is 1. The average molecular weight is 485 g/mol. The lowest BCUT2D eigenvalue weighted by Crippen LogP contribution is -2.41. The topological polar surface area (TPSA) is 115 Å². The van der Waals surface area contributed by atoms with Crippen LogP contribution in [0.1, 0.15) is 49.4 Å².